The maximum atomic E-state index is 13.5. The minimum atomic E-state index is -0.580. The second-order valence-electron chi connectivity index (χ2n) is 31.7. The van der Waals surface area contributed by atoms with Crippen LogP contribution in [-0.4, -0.2) is 183 Å². The first-order valence-corrected chi connectivity index (χ1v) is 40.4. The normalized spacial score (nSPS) is 14.8. The van der Waals surface area contributed by atoms with Gasteiger partial charge in [-0.3, -0.25) is 14.4 Å². The molecule has 0 saturated heterocycles. The lowest BCUT2D eigenvalue weighted by atomic mass is 10.0. The van der Waals surface area contributed by atoms with Crippen LogP contribution in [0.3, 0.4) is 0 Å². The Hall–Kier alpha value is -13.0. The van der Waals surface area contributed by atoms with Crippen molar-refractivity contribution in [2.45, 2.75) is 110 Å². The van der Waals surface area contributed by atoms with Crippen LogP contribution in [0.5, 0.6) is 5.88 Å². The van der Waals surface area contributed by atoms with E-state index in [-0.39, 0.29) is 16.7 Å². The maximum Gasteiger partial charge on any atom is 0.278 e. The van der Waals surface area contributed by atoms with Crippen LogP contribution in [0, 0.1) is 0 Å². The number of likely N-dealkylation sites (N-methyl/N-ethyl adjacent to an activating group) is 3. The molecule has 6 bridgehead atoms. The Labute approximate surface area is 687 Å². The molecule has 30 nitrogen and oxygen atoms in total. The summed E-state index contributed by atoms with van der Waals surface area (Å²) >= 11 is 0. The zero-order valence-electron chi connectivity index (χ0n) is 68.9. The number of nitrogens with one attached hydrogen (secondary N) is 3. The third-order valence-electron chi connectivity index (χ3n) is 21.4. The van der Waals surface area contributed by atoms with Crippen LogP contribution in [-0.2, 0) is 59.9 Å². The van der Waals surface area contributed by atoms with E-state index in [0.29, 0.717) is 114 Å². The molecule has 0 radical (unpaired) electrons. The molecular weight excluding hydrogens is 1500 g/mol. The number of benzene rings is 3. The predicted molar refractivity (Wildman–Crippen MR) is 468 cm³/mol. The van der Waals surface area contributed by atoms with Gasteiger partial charge in [-0.25, -0.2) is 53.0 Å². The molecule has 0 spiro atoms. The fourth-order valence-electron chi connectivity index (χ4n) is 14.9. The minimum Gasteiger partial charge on any atom is -0.478 e. The summed E-state index contributed by atoms with van der Waals surface area (Å²) in [7, 11) is 12.5. The Bertz CT molecular complexity index is 6490. The highest BCUT2D eigenvalue weighted by Crippen LogP contribution is 2.32. The molecule has 12 aromatic heterocycles. The van der Waals surface area contributed by atoms with Crippen LogP contribution in [0.15, 0.2) is 215 Å². The van der Waals surface area contributed by atoms with E-state index in [4.69, 9.17) is 39.1 Å². The van der Waals surface area contributed by atoms with Crippen molar-refractivity contribution in [1.29, 1.82) is 0 Å². The van der Waals surface area contributed by atoms with Gasteiger partial charge in [0.15, 0.2) is 34.4 Å². The zero-order valence-corrected chi connectivity index (χ0v) is 68.9. The van der Waals surface area contributed by atoms with E-state index < -0.39 is 11.2 Å². The number of pyridine rings is 3. The molecule has 0 unspecified atom stereocenters. The maximum absolute atomic E-state index is 13.5. The van der Waals surface area contributed by atoms with Gasteiger partial charge in [-0.1, -0.05) is 54.7 Å². The SMILES string of the molecule is CN(C)CCn1ccc2cc(Nc3ncc4c(=O)n5n(c4n3)-c3cccc(n3)C(C)(C)OCCC=CC5)ccc21.CN(C)CCn1ccc2cc(Nc3ncc4c(=O)n5n(c4n3)-c3cccc(n3)C(C)(C)OCCCC=CC5)ccc21.CN(C)CCn1ccc2cc(Nc3ncc4c(=O)n5n(c4n3)-c3cccc(n3)OCCCC=CC5)ccc21. The fraction of sp³-hybridized carbons (Fsp3) is 0.326. The molecule has 119 heavy (non-hydrogen) atoms. The number of aromatic nitrogens is 18. The van der Waals surface area contributed by atoms with E-state index in [1.165, 1.54) is 16.6 Å². The third-order valence-corrected chi connectivity index (χ3v) is 21.4. The molecule has 612 valence electrons. The predicted octanol–water partition coefficient (Wildman–Crippen LogP) is 13.3. The molecule has 0 saturated carbocycles. The highest BCUT2D eigenvalue weighted by Gasteiger charge is 2.29. The van der Waals surface area contributed by atoms with Gasteiger partial charge >= 0.3 is 0 Å². The molecule has 0 aliphatic carbocycles. The molecule has 0 amide bonds. The van der Waals surface area contributed by atoms with Crippen LogP contribution in [0.25, 0.3) is 83.3 Å². The van der Waals surface area contributed by atoms with Gasteiger partial charge in [0.2, 0.25) is 23.7 Å². The molecular formula is C89H100N24O6. The quantitative estimate of drug-likeness (QED) is 0.0804. The number of ether oxygens (including phenoxy) is 3. The second-order valence-corrected chi connectivity index (χ2v) is 31.7. The number of nitrogens with zero attached hydrogens (tertiary/aromatic N) is 21. The van der Waals surface area contributed by atoms with Gasteiger partial charge < -0.3 is 58.6 Å². The van der Waals surface area contributed by atoms with E-state index in [1.54, 1.807) is 46.7 Å². The summed E-state index contributed by atoms with van der Waals surface area (Å²) in [5.41, 5.74) is 7.55. The Morgan fingerprint density at radius 3 is 1.15 bits per heavy atom. The van der Waals surface area contributed by atoms with Crippen molar-refractivity contribution in [3.8, 4) is 23.3 Å². The standard InChI is InChI=1S/C31H36N8O2.C30H34N8O2.C28H30N8O2/c1-31(2)26-10-9-11-27(34-26)39-28-24(29(40)38(39)15-7-5-6-8-19-41-31)21-32-30(35-28)33-23-12-13-25-22(20-23)14-16-37(25)18-17-36(3)4;1-30(2)25-9-8-10-26(33-25)38-27-23(28(39)37(38)14-6-5-7-18-40-30)20-31-29(34-27)32-22-11-12-24-21(19-22)13-15-36(24)17-16-35(3)4;1-33(2)15-16-34-14-12-20-18-21(10-11-23(20)34)30-28-29-19-22-26(32-28)36-24-8-7-9-25(31-24)38-17-6-4-3-5-13-35(36)27(22)37/h5,7,9-14,16,20-21H,6,8,15,17-19H2,1-4H3,(H,32,33,35);5-6,8-13,15,19-20H,7,14,16-18H2,1-4H3,(H,31,32,34);3,5,7-12,14,18-19H,4,6,13,15-17H2,1-2H3,(H,29,30,32). The van der Waals surface area contributed by atoms with Crippen LogP contribution in [0.1, 0.15) is 71.2 Å². The lowest BCUT2D eigenvalue weighted by Crippen LogP contribution is -2.26. The van der Waals surface area contributed by atoms with Gasteiger partial charge in [0.25, 0.3) is 16.7 Å². The number of fused-ring (bicyclic) bond motifs is 21. The van der Waals surface area contributed by atoms with Gasteiger partial charge in [-0.15, -0.1) is 0 Å². The highest BCUT2D eigenvalue weighted by atomic mass is 16.5. The summed E-state index contributed by atoms with van der Waals surface area (Å²) in [5, 5.41) is 14.7. The Morgan fingerprint density at radius 2 is 0.756 bits per heavy atom. The molecule has 3 N–H and O–H groups in total. The van der Waals surface area contributed by atoms with Gasteiger partial charge in [-0.2, -0.15) is 19.9 Å². The molecule has 18 rings (SSSR count). The van der Waals surface area contributed by atoms with Crippen LogP contribution in [0.2, 0.25) is 0 Å². The molecule has 0 atom stereocenters. The van der Waals surface area contributed by atoms with E-state index in [0.717, 1.165) is 116 Å². The monoisotopic (exact) mass is 1600 g/mol. The van der Waals surface area contributed by atoms with Gasteiger partial charge in [0.05, 0.1) is 44.2 Å². The van der Waals surface area contributed by atoms with E-state index in [2.05, 4.69) is 192 Å². The zero-order chi connectivity index (χ0) is 82.5. The molecule has 3 aliphatic heterocycles. The smallest absolute Gasteiger partial charge is 0.278 e. The van der Waals surface area contributed by atoms with E-state index in [1.807, 2.05) is 125 Å². The van der Waals surface area contributed by atoms with E-state index >= 15 is 0 Å². The molecule has 15 heterocycles. The summed E-state index contributed by atoms with van der Waals surface area (Å²) in [5.74, 6) is 3.49. The largest absolute Gasteiger partial charge is 0.478 e. The number of rotatable bonds is 15. The Morgan fingerprint density at radius 1 is 0.395 bits per heavy atom. The van der Waals surface area contributed by atoms with Crippen molar-refractivity contribution in [2.75, 3.05) is 97.7 Å². The molecule has 30 heteroatoms. The fourth-order valence-corrected chi connectivity index (χ4v) is 14.9. The molecule has 3 aromatic carbocycles. The van der Waals surface area contributed by atoms with Crippen molar-refractivity contribution in [2.24, 2.45) is 0 Å². The number of anilines is 6. The highest BCUT2D eigenvalue weighted by molar-refractivity contribution is 5.88. The van der Waals surface area contributed by atoms with Crippen molar-refractivity contribution in [1.82, 2.24) is 101 Å². The summed E-state index contributed by atoms with van der Waals surface area (Å²) in [6.45, 7) is 16.7. The van der Waals surface area contributed by atoms with Gasteiger partial charge in [0, 0.05) is 139 Å². The molecule has 0 fully saturated rings. The van der Waals surface area contributed by atoms with Crippen molar-refractivity contribution >= 4 is 101 Å². The first-order chi connectivity index (χ1) is 57.7. The van der Waals surface area contributed by atoms with Crippen molar-refractivity contribution in [3.05, 3.63) is 243 Å². The summed E-state index contributed by atoms with van der Waals surface area (Å²) < 4.78 is 35.2. The lowest BCUT2D eigenvalue weighted by molar-refractivity contribution is -0.0255. The van der Waals surface area contributed by atoms with Crippen molar-refractivity contribution in [3.63, 3.8) is 0 Å². The van der Waals surface area contributed by atoms with Gasteiger partial charge in [-0.05, 0) is 205 Å². The summed E-state index contributed by atoms with van der Waals surface area (Å²) in [4.78, 5) is 89.2. The van der Waals surface area contributed by atoms with Crippen molar-refractivity contribution < 1.29 is 14.2 Å². The van der Waals surface area contributed by atoms with Crippen LogP contribution >= 0.6 is 0 Å². The van der Waals surface area contributed by atoms with E-state index in [9.17, 15) is 14.4 Å². The Kier molecular flexibility index (Phi) is 23.3. The third kappa shape index (κ3) is 17.5. The summed E-state index contributed by atoms with van der Waals surface area (Å²) in [6, 6.07) is 42.1. The molecule has 15 aromatic rings. The number of hydrogen-bond acceptors (Lipinski definition) is 21. The average Bonchev–Trinajstić information content (AvgIpc) is 1.62. The first kappa shape index (κ1) is 79.8. The number of allylic oxidation sites excluding steroid dienone is 5. The topological polar surface area (TPSA) is 285 Å². The number of hydrogen-bond donors (Lipinski definition) is 3. The van der Waals surface area contributed by atoms with Gasteiger partial charge in [0.1, 0.15) is 27.4 Å². The van der Waals surface area contributed by atoms with Crippen LogP contribution < -0.4 is 37.4 Å². The Balaban J connectivity index is 0.000000133. The molecule has 3 aliphatic rings. The minimum absolute atomic E-state index is 0.158. The second kappa shape index (κ2) is 34.7. The van der Waals surface area contributed by atoms with Crippen LogP contribution in [0.4, 0.5) is 34.9 Å². The lowest BCUT2D eigenvalue weighted by Gasteiger charge is -2.25. The average molecular weight is 1600 g/mol. The first-order valence-electron chi connectivity index (χ1n) is 40.4. The summed E-state index contributed by atoms with van der Waals surface area (Å²) in [6.07, 6.45) is 27.6.